The Balaban J connectivity index is 0.000000520. The van der Waals surface area contributed by atoms with Crippen molar-refractivity contribution in [3.8, 4) is 0 Å². The SMILES string of the molecule is C[NH+](C)c1ccccc1.Fc1c(F)c(F)c([B-](c2ccccc2)(c2c(F)c(F)c(F)c(F)c2F)c2c(F)c(F)c(F)c(F)c2F)c(F)c1F. The Hall–Kier alpha value is -4.93. The molecule has 258 valence electrons. The maximum Gasteiger partial charge on any atom is 0.200 e. The van der Waals surface area contributed by atoms with Gasteiger partial charge in [-0.15, -0.1) is 16.4 Å². The Morgan fingerprint density at radius 3 is 0.776 bits per heavy atom. The summed E-state index contributed by atoms with van der Waals surface area (Å²) in [6.45, 7) is 0. The van der Waals surface area contributed by atoms with Gasteiger partial charge in [-0.3, -0.25) is 0 Å². The molecule has 1 nitrogen and oxygen atoms in total. The van der Waals surface area contributed by atoms with Crippen molar-refractivity contribution in [2.24, 2.45) is 0 Å². The second-order valence-electron chi connectivity index (χ2n) is 10.6. The third-order valence-electron chi connectivity index (χ3n) is 7.68. The van der Waals surface area contributed by atoms with Crippen LogP contribution in [0.1, 0.15) is 0 Å². The van der Waals surface area contributed by atoms with Crippen molar-refractivity contribution in [1.29, 1.82) is 0 Å². The summed E-state index contributed by atoms with van der Waals surface area (Å²) in [5.74, 6) is -45.5. The van der Waals surface area contributed by atoms with Crippen molar-refractivity contribution < 1.29 is 70.8 Å². The van der Waals surface area contributed by atoms with Crippen LogP contribution in [0.15, 0.2) is 60.7 Å². The summed E-state index contributed by atoms with van der Waals surface area (Å²) >= 11 is 0. The minimum Gasteiger partial charge on any atom is -0.307 e. The van der Waals surface area contributed by atoms with Crippen molar-refractivity contribution in [2.45, 2.75) is 0 Å². The van der Waals surface area contributed by atoms with E-state index in [1.165, 1.54) is 10.6 Å². The molecular formula is C32H17BF15N. The molecule has 49 heavy (non-hydrogen) atoms. The number of nitrogens with one attached hydrogen (secondary N) is 1. The molecule has 0 saturated carbocycles. The molecule has 0 radical (unpaired) electrons. The molecule has 0 amide bonds. The largest absolute Gasteiger partial charge is 0.307 e. The van der Waals surface area contributed by atoms with E-state index in [9.17, 15) is 39.5 Å². The topological polar surface area (TPSA) is 4.44 Å². The highest BCUT2D eigenvalue weighted by molar-refractivity contribution is 7.20. The second-order valence-corrected chi connectivity index (χ2v) is 10.6. The molecule has 0 aliphatic carbocycles. The summed E-state index contributed by atoms with van der Waals surface area (Å²) in [6.07, 6.45) is -5.72. The normalized spacial score (nSPS) is 11.6. The minimum atomic E-state index is -5.72. The summed E-state index contributed by atoms with van der Waals surface area (Å²) in [5, 5.41) is 0. The molecule has 0 unspecified atom stereocenters. The van der Waals surface area contributed by atoms with E-state index < -0.39 is 115 Å². The molecule has 0 spiro atoms. The van der Waals surface area contributed by atoms with Crippen LogP contribution in [0.4, 0.5) is 71.5 Å². The van der Waals surface area contributed by atoms with Crippen molar-refractivity contribution in [2.75, 3.05) is 14.1 Å². The first-order valence-corrected chi connectivity index (χ1v) is 13.6. The molecule has 0 fully saturated rings. The molecule has 0 heterocycles. The lowest BCUT2D eigenvalue weighted by Crippen LogP contribution is -3.00. The van der Waals surface area contributed by atoms with Crippen LogP contribution in [-0.4, -0.2) is 20.2 Å². The van der Waals surface area contributed by atoms with Crippen LogP contribution in [0.2, 0.25) is 0 Å². The second kappa shape index (κ2) is 13.9. The molecule has 0 atom stereocenters. The van der Waals surface area contributed by atoms with E-state index in [1.807, 2.05) is 6.07 Å². The van der Waals surface area contributed by atoms with E-state index >= 15 is 26.3 Å². The standard InChI is InChI=1S/C24H5BF15.C8H11N/c26-10-7(11(27)17(33)22(38)16(10)32)25(6-4-2-1-3-5-6,8-12(28)18(34)23(39)19(35)13(8)29)9-14(30)20(36)24(40)21(37)15(9)31;1-9(2)8-6-4-3-5-7-8/h1-5H;3-7H,1-2H3/q-1;/p+1. The fraction of sp³-hybridized carbons (Fsp3) is 0.0625. The van der Waals surface area contributed by atoms with Gasteiger partial charge in [0.1, 0.15) is 46.7 Å². The van der Waals surface area contributed by atoms with Gasteiger partial charge in [0.2, 0.25) is 0 Å². The summed E-state index contributed by atoms with van der Waals surface area (Å²) in [6, 6.07) is 13.6. The lowest BCUT2D eigenvalue weighted by Gasteiger charge is -2.44. The first kappa shape index (κ1) is 36.9. The zero-order valence-corrected chi connectivity index (χ0v) is 24.5. The summed E-state index contributed by atoms with van der Waals surface area (Å²) in [4.78, 5) is 1.37. The molecule has 0 saturated heterocycles. The molecule has 0 bridgehead atoms. The van der Waals surface area contributed by atoms with Crippen LogP contribution in [0, 0.1) is 87.3 Å². The predicted octanol–water partition coefficient (Wildman–Crippen LogP) is 5.61. The van der Waals surface area contributed by atoms with Crippen molar-refractivity contribution in [1.82, 2.24) is 0 Å². The molecule has 5 aromatic carbocycles. The van der Waals surface area contributed by atoms with Gasteiger partial charge in [-0.25, -0.2) is 65.9 Å². The van der Waals surface area contributed by atoms with Gasteiger partial charge >= 0.3 is 0 Å². The third-order valence-corrected chi connectivity index (χ3v) is 7.68. The predicted molar refractivity (Wildman–Crippen MR) is 148 cm³/mol. The van der Waals surface area contributed by atoms with E-state index in [2.05, 4.69) is 38.4 Å². The monoisotopic (exact) mass is 711 g/mol. The average molecular weight is 711 g/mol. The molecule has 0 aliphatic rings. The molecule has 17 heteroatoms. The first-order chi connectivity index (χ1) is 22.9. The zero-order valence-electron chi connectivity index (χ0n) is 24.5. The number of hydrogen-bond acceptors (Lipinski definition) is 0. The van der Waals surface area contributed by atoms with Crippen LogP contribution < -0.4 is 26.8 Å². The highest BCUT2D eigenvalue weighted by Crippen LogP contribution is 2.28. The number of para-hydroxylation sites is 1. The smallest absolute Gasteiger partial charge is 0.200 e. The van der Waals surface area contributed by atoms with Gasteiger partial charge < -0.3 is 4.90 Å². The minimum absolute atomic E-state index is 0.397. The van der Waals surface area contributed by atoms with Crippen LogP contribution in [0.5, 0.6) is 0 Å². The fourth-order valence-electron chi connectivity index (χ4n) is 5.45. The van der Waals surface area contributed by atoms with Crippen LogP contribution in [0.25, 0.3) is 0 Å². The zero-order chi connectivity index (χ0) is 36.7. The Labute approximate surface area is 266 Å². The quantitative estimate of drug-likeness (QED) is 0.105. The Bertz CT molecular complexity index is 1800. The van der Waals surface area contributed by atoms with Crippen LogP contribution in [0.3, 0.4) is 0 Å². The van der Waals surface area contributed by atoms with Crippen LogP contribution in [-0.2, 0) is 0 Å². The first-order valence-electron chi connectivity index (χ1n) is 13.6. The van der Waals surface area contributed by atoms with Gasteiger partial charge in [0.25, 0.3) is 0 Å². The van der Waals surface area contributed by atoms with E-state index in [0.29, 0.717) is 12.1 Å². The highest BCUT2D eigenvalue weighted by Gasteiger charge is 2.48. The fourth-order valence-corrected chi connectivity index (χ4v) is 5.45. The maximum absolute atomic E-state index is 15.3. The Kier molecular flexibility index (Phi) is 10.5. The third kappa shape index (κ3) is 5.89. The van der Waals surface area contributed by atoms with Gasteiger partial charge in [0.05, 0.1) is 14.1 Å². The number of benzene rings is 5. The molecule has 5 rings (SSSR count). The Morgan fingerprint density at radius 2 is 0.551 bits per heavy atom. The highest BCUT2D eigenvalue weighted by atomic mass is 19.2. The van der Waals surface area contributed by atoms with Crippen LogP contribution >= 0.6 is 0 Å². The van der Waals surface area contributed by atoms with E-state index in [4.69, 9.17) is 0 Å². The van der Waals surface area contributed by atoms with E-state index in [0.717, 1.165) is 18.2 Å². The van der Waals surface area contributed by atoms with Crippen molar-refractivity contribution in [3.63, 3.8) is 0 Å². The van der Waals surface area contributed by atoms with Gasteiger partial charge in [-0.05, 0) is 12.1 Å². The number of quaternary nitrogens is 1. The van der Waals surface area contributed by atoms with Gasteiger partial charge in [-0.1, -0.05) is 48.5 Å². The molecule has 0 aliphatic heterocycles. The molecule has 1 N–H and O–H groups in total. The van der Waals surface area contributed by atoms with E-state index in [-0.39, 0.29) is 0 Å². The maximum atomic E-state index is 15.3. The summed E-state index contributed by atoms with van der Waals surface area (Å²) in [5.41, 5.74) is -8.08. The number of halogens is 15. The molecule has 5 aromatic rings. The Morgan fingerprint density at radius 1 is 0.327 bits per heavy atom. The molecule has 0 aromatic heterocycles. The summed E-state index contributed by atoms with van der Waals surface area (Å²) < 4.78 is 220. The number of hydrogen-bond donors (Lipinski definition) is 1. The van der Waals surface area contributed by atoms with Crippen molar-refractivity contribution in [3.05, 3.63) is 148 Å². The van der Waals surface area contributed by atoms with Crippen molar-refractivity contribution >= 4 is 33.7 Å². The van der Waals surface area contributed by atoms with Gasteiger partial charge in [0, 0.05) is 0 Å². The van der Waals surface area contributed by atoms with E-state index in [1.54, 1.807) is 0 Å². The lowest BCUT2D eigenvalue weighted by molar-refractivity contribution is -0.786. The summed E-state index contributed by atoms with van der Waals surface area (Å²) in [7, 11) is 4.24. The number of rotatable bonds is 5. The molecular weight excluding hydrogens is 694 g/mol. The lowest BCUT2D eigenvalue weighted by atomic mass is 9.12. The van der Waals surface area contributed by atoms with Gasteiger partial charge in [0.15, 0.2) is 52.4 Å². The van der Waals surface area contributed by atoms with Gasteiger partial charge in [-0.2, -0.15) is 5.46 Å². The average Bonchev–Trinajstić information content (AvgIpc) is 3.10.